The summed E-state index contributed by atoms with van der Waals surface area (Å²) in [7, 11) is 0. The Kier molecular flexibility index (Phi) is 4.02. The second-order valence-corrected chi connectivity index (χ2v) is 4.35. The van der Waals surface area contributed by atoms with E-state index in [4.69, 9.17) is 4.42 Å². The van der Waals surface area contributed by atoms with Crippen LogP contribution in [0.25, 0.3) is 0 Å². The number of nitrogens with zero attached hydrogens (tertiary/aromatic N) is 2. The maximum atomic E-state index is 12.5. The summed E-state index contributed by atoms with van der Waals surface area (Å²) in [4.78, 5) is 17.5. The number of halogens is 3. The molecule has 0 radical (unpaired) electrons. The Morgan fingerprint density at radius 2 is 1.90 bits per heavy atom. The zero-order valence-electron chi connectivity index (χ0n) is 11.4. The number of rotatable bonds is 3. The van der Waals surface area contributed by atoms with E-state index in [1.165, 1.54) is 17.0 Å². The van der Waals surface area contributed by atoms with Crippen LogP contribution in [-0.4, -0.2) is 17.4 Å². The van der Waals surface area contributed by atoms with Crippen LogP contribution in [0.4, 0.5) is 18.9 Å². The third kappa shape index (κ3) is 3.07. The summed E-state index contributed by atoms with van der Waals surface area (Å²) in [5.74, 6) is -0.0473. The molecule has 1 aromatic heterocycles. The van der Waals surface area contributed by atoms with E-state index in [-0.39, 0.29) is 5.69 Å². The molecule has 0 bridgehead atoms. The average molecular weight is 298 g/mol. The molecule has 1 aromatic carbocycles. The first-order valence-electron chi connectivity index (χ1n) is 6.23. The number of hydrogen-bond acceptors (Lipinski definition) is 3. The number of aryl methyl sites for hydroxylation is 1. The number of hydrogen-bond donors (Lipinski definition) is 0. The van der Waals surface area contributed by atoms with Gasteiger partial charge in [0.25, 0.3) is 5.91 Å². The standard InChI is InChI=1S/C14H13F3N2O2/c1-3-19(13(20)12-9(2)21-8-18-12)11-6-4-10(5-7-11)14(15,16)17/h4-8H,3H2,1-2H3. The topological polar surface area (TPSA) is 46.3 Å². The molecular formula is C14H13F3N2O2. The number of anilines is 1. The van der Waals surface area contributed by atoms with Crippen LogP contribution >= 0.6 is 0 Å². The SMILES string of the molecule is CCN(C(=O)c1ncoc1C)c1ccc(C(F)(F)F)cc1. The molecule has 2 aromatic rings. The smallest absolute Gasteiger partial charge is 0.416 e. The number of oxazole rings is 1. The average Bonchev–Trinajstić information content (AvgIpc) is 2.85. The molecule has 7 heteroatoms. The number of carbonyl (C=O) groups excluding carboxylic acids is 1. The van der Waals surface area contributed by atoms with E-state index >= 15 is 0 Å². The number of alkyl halides is 3. The Morgan fingerprint density at radius 1 is 1.29 bits per heavy atom. The third-order valence-electron chi connectivity index (χ3n) is 3.02. The van der Waals surface area contributed by atoms with Crippen LogP contribution in [-0.2, 0) is 6.18 Å². The molecule has 0 aliphatic heterocycles. The van der Waals surface area contributed by atoms with E-state index in [0.29, 0.717) is 18.0 Å². The van der Waals surface area contributed by atoms with Gasteiger partial charge in [-0.1, -0.05) is 0 Å². The number of carbonyl (C=O) groups is 1. The van der Waals surface area contributed by atoms with Gasteiger partial charge in [-0.25, -0.2) is 4.98 Å². The van der Waals surface area contributed by atoms with Gasteiger partial charge in [-0.05, 0) is 38.1 Å². The van der Waals surface area contributed by atoms with Crippen LogP contribution in [0.15, 0.2) is 35.1 Å². The monoisotopic (exact) mass is 298 g/mol. The van der Waals surface area contributed by atoms with Gasteiger partial charge in [-0.2, -0.15) is 13.2 Å². The molecule has 0 saturated heterocycles. The van der Waals surface area contributed by atoms with Crippen LogP contribution in [0.5, 0.6) is 0 Å². The summed E-state index contributed by atoms with van der Waals surface area (Å²) in [6, 6.07) is 4.42. The first kappa shape index (κ1) is 15.1. The van der Waals surface area contributed by atoms with Gasteiger partial charge in [0, 0.05) is 12.2 Å². The Morgan fingerprint density at radius 3 is 2.33 bits per heavy atom. The van der Waals surface area contributed by atoms with E-state index in [9.17, 15) is 18.0 Å². The Bertz CT molecular complexity index is 632. The number of aromatic nitrogens is 1. The molecule has 2 rings (SSSR count). The van der Waals surface area contributed by atoms with Crippen LogP contribution in [0, 0.1) is 6.92 Å². The van der Waals surface area contributed by atoms with E-state index in [1.54, 1.807) is 13.8 Å². The molecule has 0 aliphatic rings. The van der Waals surface area contributed by atoms with Crippen molar-refractivity contribution in [2.45, 2.75) is 20.0 Å². The molecule has 0 spiro atoms. The van der Waals surface area contributed by atoms with Crippen molar-refractivity contribution in [3.05, 3.63) is 47.7 Å². The molecule has 21 heavy (non-hydrogen) atoms. The largest absolute Gasteiger partial charge is 0.448 e. The molecule has 0 aliphatic carbocycles. The molecule has 0 atom stereocenters. The van der Waals surface area contributed by atoms with Crippen molar-refractivity contribution >= 4 is 11.6 Å². The van der Waals surface area contributed by atoms with Gasteiger partial charge in [0.05, 0.1) is 5.56 Å². The van der Waals surface area contributed by atoms with Crippen LogP contribution in [0.3, 0.4) is 0 Å². The highest BCUT2D eigenvalue weighted by molar-refractivity contribution is 6.05. The van der Waals surface area contributed by atoms with Crippen molar-refractivity contribution < 1.29 is 22.4 Å². The minimum atomic E-state index is -4.40. The lowest BCUT2D eigenvalue weighted by molar-refractivity contribution is -0.137. The van der Waals surface area contributed by atoms with E-state index in [0.717, 1.165) is 18.5 Å². The first-order chi connectivity index (χ1) is 9.84. The fourth-order valence-electron chi connectivity index (χ4n) is 1.91. The lowest BCUT2D eigenvalue weighted by atomic mass is 10.1. The summed E-state index contributed by atoms with van der Waals surface area (Å²) >= 11 is 0. The van der Waals surface area contributed by atoms with Crippen LogP contribution in [0.1, 0.15) is 28.7 Å². The lowest BCUT2D eigenvalue weighted by Gasteiger charge is -2.20. The van der Waals surface area contributed by atoms with Gasteiger partial charge in [-0.3, -0.25) is 4.79 Å². The van der Waals surface area contributed by atoms with Crippen molar-refractivity contribution in [3.8, 4) is 0 Å². The fraction of sp³-hybridized carbons (Fsp3) is 0.286. The van der Waals surface area contributed by atoms with Crippen molar-refractivity contribution in [3.63, 3.8) is 0 Å². The molecule has 1 amide bonds. The predicted molar refractivity (Wildman–Crippen MR) is 70.0 cm³/mol. The summed E-state index contributed by atoms with van der Waals surface area (Å²) in [5, 5.41) is 0. The van der Waals surface area contributed by atoms with Crippen LogP contribution in [0.2, 0.25) is 0 Å². The zero-order valence-corrected chi connectivity index (χ0v) is 11.4. The van der Waals surface area contributed by atoms with Gasteiger partial charge in [0.15, 0.2) is 12.1 Å². The first-order valence-corrected chi connectivity index (χ1v) is 6.23. The molecule has 0 N–H and O–H groups in total. The predicted octanol–water partition coefficient (Wildman–Crippen LogP) is 3.67. The molecule has 0 saturated carbocycles. The Labute approximate surface area is 119 Å². The molecule has 112 valence electrons. The molecular weight excluding hydrogens is 285 g/mol. The summed E-state index contributed by atoms with van der Waals surface area (Å²) in [5.41, 5.74) is -0.234. The Balaban J connectivity index is 2.30. The molecule has 0 unspecified atom stereocenters. The number of benzene rings is 1. The summed E-state index contributed by atoms with van der Waals surface area (Å²) in [6.07, 6.45) is -3.24. The van der Waals surface area contributed by atoms with Crippen molar-refractivity contribution in [1.29, 1.82) is 0 Å². The second-order valence-electron chi connectivity index (χ2n) is 4.35. The highest BCUT2D eigenvalue weighted by Gasteiger charge is 2.30. The van der Waals surface area contributed by atoms with Crippen molar-refractivity contribution in [2.24, 2.45) is 0 Å². The van der Waals surface area contributed by atoms with Gasteiger partial charge >= 0.3 is 6.18 Å². The maximum absolute atomic E-state index is 12.5. The normalized spacial score (nSPS) is 11.5. The molecule has 0 fully saturated rings. The van der Waals surface area contributed by atoms with E-state index in [2.05, 4.69) is 4.98 Å². The quantitative estimate of drug-likeness (QED) is 0.868. The highest BCUT2D eigenvalue weighted by Crippen LogP contribution is 2.30. The van der Waals surface area contributed by atoms with Crippen molar-refractivity contribution in [2.75, 3.05) is 11.4 Å². The van der Waals surface area contributed by atoms with E-state index in [1.807, 2.05) is 0 Å². The van der Waals surface area contributed by atoms with Gasteiger partial charge in [0.2, 0.25) is 0 Å². The summed E-state index contributed by atoms with van der Waals surface area (Å²) < 4.78 is 42.6. The molecule has 1 heterocycles. The van der Waals surface area contributed by atoms with Gasteiger partial charge < -0.3 is 9.32 Å². The minimum Gasteiger partial charge on any atom is -0.448 e. The van der Waals surface area contributed by atoms with Crippen LogP contribution < -0.4 is 4.90 Å². The minimum absolute atomic E-state index is 0.150. The van der Waals surface area contributed by atoms with Gasteiger partial charge in [0.1, 0.15) is 5.76 Å². The summed E-state index contributed by atoms with van der Waals surface area (Å²) in [6.45, 7) is 3.63. The second kappa shape index (κ2) is 5.59. The Hall–Kier alpha value is -2.31. The lowest BCUT2D eigenvalue weighted by Crippen LogP contribution is -2.31. The zero-order chi connectivity index (χ0) is 15.6. The van der Waals surface area contributed by atoms with E-state index < -0.39 is 17.6 Å². The highest BCUT2D eigenvalue weighted by atomic mass is 19.4. The maximum Gasteiger partial charge on any atom is 0.416 e. The molecule has 4 nitrogen and oxygen atoms in total. The third-order valence-corrected chi connectivity index (χ3v) is 3.02. The van der Waals surface area contributed by atoms with Crippen molar-refractivity contribution in [1.82, 2.24) is 4.98 Å². The number of amides is 1. The van der Waals surface area contributed by atoms with Gasteiger partial charge in [-0.15, -0.1) is 0 Å². The fourth-order valence-corrected chi connectivity index (χ4v) is 1.91.